The van der Waals surface area contributed by atoms with Crippen molar-refractivity contribution in [2.24, 2.45) is 11.7 Å². The van der Waals surface area contributed by atoms with Gasteiger partial charge < -0.3 is 10.5 Å². The fourth-order valence-corrected chi connectivity index (χ4v) is 1.74. The van der Waals surface area contributed by atoms with Gasteiger partial charge in [-0.2, -0.15) is 0 Å². The van der Waals surface area contributed by atoms with Gasteiger partial charge in [0.05, 0.1) is 7.11 Å². The van der Waals surface area contributed by atoms with Crippen LogP contribution in [0.5, 0.6) is 5.88 Å². The highest BCUT2D eigenvalue weighted by Crippen LogP contribution is 2.48. The second-order valence-corrected chi connectivity index (χ2v) is 3.44. The van der Waals surface area contributed by atoms with Crippen LogP contribution in [0.3, 0.4) is 0 Å². The minimum Gasteiger partial charge on any atom is -0.481 e. The molecule has 0 aromatic carbocycles. The molecule has 2 unspecified atom stereocenters. The van der Waals surface area contributed by atoms with Crippen molar-refractivity contribution < 1.29 is 4.74 Å². The lowest BCUT2D eigenvalue weighted by Gasteiger charge is -2.05. The average Bonchev–Trinajstić information content (AvgIpc) is 2.96. The van der Waals surface area contributed by atoms with Crippen LogP contribution >= 0.6 is 0 Å². The lowest BCUT2D eigenvalue weighted by Crippen LogP contribution is -2.02. The standard InChI is InChI=1S/C10H14N2O/c1-13-10-8(3-2-4-12-10)9-5-7(9)6-11/h2-4,7,9H,5-6,11H2,1H3. The predicted octanol–water partition coefficient (Wildman–Crippen LogP) is 1.15. The van der Waals surface area contributed by atoms with Gasteiger partial charge in [0.15, 0.2) is 0 Å². The van der Waals surface area contributed by atoms with Crippen LogP contribution in [0, 0.1) is 5.92 Å². The molecule has 1 saturated carbocycles. The highest BCUT2D eigenvalue weighted by molar-refractivity contribution is 5.34. The van der Waals surface area contributed by atoms with Crippen molar-refractivity contribution in [1.82, 2.24) is 4.98 Å². The molecule has 70 valence electrons. The van der Waals surface area contributed by atoms with Crippen LogP contribution in [-0.2, 0) is 0 Å². The van der Waals surface area contributed by atoms with E-state index in [1.165, 1.54) is 12.0 Å². The topological polar surface area (TPSA) is 48.1 Å². The summed E-state index contributed by atoms with van der Waals surface area (Å²) in [6.07, 6.45) is 2.93. The van der Waals surface area contributed by atoms with Crippen LogP contribution < -0.4 is 10.5 Å². The molecule has 0 aliphatic heterocycles. The number of nitrogens with two attached hydrogens (primary N) is 1. The number of methoxy groups -OCH3 is 1. The van der Waals surface area contributed by atoms with Gasteiger partial charge >= 0.3 is 0 Å². The molecule has 1 aliphatic rings. The Bertz CT molecular complexity index is 301. The van der Waals surface area contributed by atoms with E-state index in [0.717, 1.165) is 12.4 Å². The van der Waals surface area contributed by atoms with Gasteiger partial charge in [-0.15, -0.1) is 0 Å². The largest absolute Gasteiger partial charge is 0.481 e. The molecule has 0 bridgehead atoms. The maximum Gasteiger partial charge on any atom is 0.216 e. The van der Waals surface area contributed by atoms with Crippen molar-refractivity contribution in [3.8, 4) is 5.88 Å². The van der Waals surface area contributed by atoms with Crippen LogP contribution in [0.1, 0.15) is 17.9 Å². The molecule has 1 aliphatic carbocycles. The average molecular weight is 178 g/mol. The van der Waals surface area contributed by atoms with Gasteiger partial charge in [0.1, 0.15) is 0 Å². The first kappa shape index (κ1) is 8.51. The number of ether oxygens (including phenoxy) is 1. The Morgan fingerprint density at radius 1 is 1.69 bits per heavy atom. The number of pyridine rings is 1. The van der Waals surface area contributed by atoms with E-state index in [-0.39, 0.29) is 0 Å². The van der Waals surface area contributed by atoms with E-state index in [1.54, 1.807) is 13.3 Å². The van der Waals surface area contributed by atoms with Gasteiger partial charge in [0, 0.05) is 11.8 Å². The molecule has 1 aromatic rings. The van der Waals surface area contributed by atoms with Gasteiger partial charge in [-0.05, 0) is 30.9 Å². The fraction of sp³-hybridized carbons (Fsp3) is 0.500. The van der Waals surface area contributed by atoms with E-state index >= 15 is 0 Å². The third-order valence-electron chi connectivity index (χ3n) is 2.62. The van der Waals surface area contributed by atoms with Crippen molar-refractivity contribution in [3.05, 3.63) is 23.9 Å². The Balaban J connectivity index is 2.20. The van der Waals surface area contributed by atoms with Crippen molar-refractivity contribution in [3.63, 3.8) is 0 Å². The maximum absolute atomic E-state index is 5.59. The van der Waals surface area contributed by atoms with Crippen molar-refractivity contribution in [2.75, 3.05) is 13.7 Å². The van der Waals surface area contributed by atoms with Gasteiger partial charge in [0.25, 0.3) is 0 Å². The lowest BCUT2D eigenvalue weighted by molar-refractivity contribution is 0.392. The Labute approximate surface area is 77.9 Å². The highest BCUT2D eigenvalue weighted by Gasteiger charge is 2.38. The van der Waals surface area contributed by atoms with E-state index in [0.29, 0.717) is 11.8 Å². The zero-order valence-corrected chi connectivity index (χ0v) is 7.73. The molecular weight excluding hydrogens is 164 g/mol. The summed E-state index contributed by atoms with van der Waals surface area (Å²) in [7, 11) is 1.66. The quantitative estimate of drug-likeness (QED) is 0.755. The molecule has 0 spiro atoms. The number of hydrogen-bond donors (Lipinski definition) is 1. The van der Waals surface area contributed by atoms with Crippen molar-refractivity contribution in [1.29, 1.82) is 0 Å². The predicted molar refractivity (Wildman–Crippen MR) is 50.7 cm³/mol. The minimum absolute atomic E-state index is 0.577. The van der Waals surface area contributed by atoms with Crippen LogP contribution in [0.4, 0.5) is 0 Å². The Kier molecular flexibility index (Phi) is 2.19. The molecule has 2 N–H and O–H groups in total. The van der Waals surface area contributed by atoms with Crippen LogP contribution in [0.2, 0.25) is 0 Å². The van der Waals surface area contributed by atoms with Gasteiger partial charge in [-0.1, -0.05) is 6.07 Å². The number of rotatable bonds is 3. The highest BCUT2D eigenvalue weighted by atomic mass is 16.5. The normalized spacial score (nSPS) is 25.7. The summed E-state index contributed by atoms with van der Waals surface area (Å²) in [6, 6.07) is 4.02. The van der Waals surface area contributed by atoms with Crippen LogP contribution in [-0.4, -0.2) is 18.6 Å². The monoisotopic (exact) mass is 178 g/mol. The first-order valence-electron chi connectivity index (χ1n) is 4.55. The number of nitrogens with zero attached hydrogens (tertiary/aromatic N) is 1. The third-order valence-corrected chi connectivity index (χ3v) is 2.62. The number of aromatic nitrogens is 1. The second-order valence-electron chi connectivity index (χ2n) is 3.44. The Morgan fingerprint density at radius 3 is 3.15 bits per heavy atom. The molecule has 1 fully saturated rings. The van der Waals surface area contributed by atoms with E-state index in [2.05, 4.69) is 11.1 Å². The Hall–Kier alpha value is -1.09. The molecule has 3 nitrogen and oxygen atoms in total. The van der Waals surface area contributed by atoms with Crippen molar-refractivity contribution >= 4 is 0 Å². The molecule has 0 amide bonds. The molecule has 3 heteroatoms. The molecule has 2 rings (SSSR count). The van der Waals surface area contributed by atoms with Gasteiger partial charge in [-0.25, -0.2) is 4.98 Å². The van der Waals surface area contributed by atoms with Gasteiger partial charge in [0.2, 0.25) is 5.88 Å². The summed E-state index contributed by atoms with van der Waals surface area (Å²) in [4.78, 5) is 4.16. The molecule has 13 heavy (non-hydrogen) atoms. The third kappa shape index (κ3) is 1.52. The lowest BCUT2D eigenvalue weighted by atomic mass is 10.1. The van der Waals surface area contributed by atoms with Crippen LogP contribution in [0.25, 0.3) is 0 Å². The summed E-state index contributed by atoms with van der Waals surface area (Å²) in [6.45, 7) is 0.767. The SMILES string of the molecule is COc1ncccc1C1CC1CN. The minimum atomic E-state index is 0.577. The summed E-state index contributed by atoms with van der Waals surface area (Å²) >= 11 is 0. The molecular formula is C10H14N2O. The Morgan fingerprint density at radius 2 is 2.54 bits per heavy atom. The zero-order valence-electron chi connectivity index (χ0n) is 7.73. The van der Waals surface area contributed by atoms with Gasteiger partial charge in [-0.3, -0.25) is 0 Å². The molecule has 0 radical (unpaired) electrons. The zero-order chi connectivity index (χ0) is 9.26. The summed E-state index contributed by atoms with van der Waals surface area (Å²) in [5, 5.41) is 0. The summed E-state index contributed by atoms with van der Waals surface area (Å²) in [5.41, 5.74) is 6.80. The molecule has 1 heterocycles. The number of hydrogen-bond acceptors (Lipinski definition) is 3. The first-order chi connectivity index (χ1) is 6.36. The fourth-order valence-electron chi connectivity index (χ4n) is 1.74. The van der Waals surface area contributed by atoms with E-state index in [4.69, 9.17) is 10.5 Å². The van der Waals surface area contributed by atoms with Crippen LogP contribution in [0.15, 0.2) is 18.3 Å². The second kappa shape index (κ2) is 3.34. The molecule has 2 atom stereocenters. The van der Waals surface area contributed by atoms with E-state index in [9.17, 15) is 0 Å². The summed E-state index contributed by atoms with van der Waals surface area (Å²) in [5.74, 6) is 1.97. The molecule has 1 aromatic heterocycles. The maximum atomic E-state index is 5.59. The molecule has 0 saturated heterocycles. The van der Waals surface area contributed by atoms with E-state index in [1.807, 2.05) is 6.07 Å². The smallest absolute Gasteiger partial charge is 0.216 e. The van der Waals surface area contributed by atoms with Crippen molar-refractivity contribution in [2.45, 2.75) is 12.3 Å². The first-order valence-corrected chi connectivity index (χ1v) is 4.55. The summed E-state index contributed by atoms with van der Waals surface area (Å²) < 4.78 is 5.19. The van der Waals surface area contributed by atoms with E-state index < -0.39 is 0 Å².